The molecule has 0 saturated heterocycles. The van der Waals surface area contributed by atoms with E-state index in [1.54, 1.807) is 0 Å². The third-order valence-corrected chi connectivity index (χ3v) is 5.80. The van der Waals surface area contributed by atoms with Gasteiger partial charge in [-0.1, -0.05) is 80.9 Å². The molecule has 0 spiro atoms. The Morgan fingerprint density at radius 3 is 2.50 bits per heavy atom. The Balaban J connectivity index is 1.73. The van der Waals surface area contributed by atoms with Crippen molar-refractivity contribution in [1.29, 1.82) is 0 Å². The molecule has 0 amide bonds. The second-order valence-corrected chi connectivity index (χ2v) is 8.46. The molecular formula is C22H24ClN. The predicted octanol–water partition coefficient (Wildman–Crippen LogP) is 6.46. The molecule has 1 heterocycles. The molecule has 4 rings (SSSR count). The van der Waals surface area contributed by atoms with Gasteiger partial charge in [0.25, 0.3) is 0 Å². The standard InChI is InChI=1S/C22H24ClN/c1-22(2,3)15-12-10-14(11-13-15)20-17-7-4-6-16(17)18-8-5-9-19(23)21(18)24-20/h4-6,8-13,16-17,20,24H,7H2,1-3H3/t16-,17-,20-/m0/s1. The molecule has 2 aliphatic rings. The fraction of sp³-hybridized carbons (Fsp3) is 0.364. The van der Waals surface area contributed by atoms with Gasteiger partial charge in [-0.25, -0.2) is 0 Å². The summed E-state index contributed by atoms with van der Waals surface area (Å²) >= 11 is 6.48. The van der Waals surface area contributed by atoms with E-state index in [2.05, 4.69) is 74.6 Å². The van der Waals surface area contributed by atoms with E-state index in [4.69, 9.17) is 11.6 Å². The molecule has 0 radical (unpaired) electrons. The quantitative estimate of drug-likeness (QED) is 0.588. The van der Waals surface area contributed by atoms with E-state index in [9.17, 15) is 0 Å². The number of para-hydroxylation sites is 1. The minimum absolute atomic E-state index is 0.186. The van der Waals surface area contributed by atoms with Crippen molar-refractivity contribution in [3.63, 3.8) is 0 Å². The highest BCUT2D eigenvalue weighted by Crippen LogP contribution is 2.51. The predicted molar refractivity (Wildman–Crippen MR) is 103 cm³/mol. The summed E-state index contributed by atoms with van der Waals surface area (Å²) in [7, 11) is 0. The van der Waals surface area contributed by atoms with Gasteiger partial charge in [0, 0.05) is 5.92 Å². The summed E-state index contributed by atoms with van der Waals surface area (Å²) in [5, 5.41) is 4.56. The van der Waals surface area contributed by atoms with Crippen LogP contribution in [0.2, 0.25) is 5.02 Å². The maximum Gasteiger partial charge on any atom is 0.0640 e. The van der Waals surface area contributed by atoms with Crippen molar-refractivity contribution in [3.8, 4) is 0 Å². The lowest BCUT2D eigenvalue weighted by atomic mass is 9.76. The molecule has 1 aliphatic heterocycles. The second kappa shape index (κ2) is 5.67. The first-order valence-electron chi connectivity index (χ1n) is 8.77. The summed E-state index contributed by atoms with van der Waals surface area (Å²) in [5.74, 6) is 1.03. The average Bonchev–Trinajstić information content (AvgIpc) is 3.04. The Labute approximate surface area is 149 Å². The van der Waals surface area contributed by atoms with Gasteiger partial charge in [0.15, 0.2) is 0 Å². The lowest BCUT2D eigenvalue weighted by Crippen LogP contribution is -2.29. The third kappa shape index (κ3) is 2.56. The van der Waals surface area contributed by atoms with Gasteiger partial charge in [0.05, 0.1) is 16.8 Å². The number of nitrogens with one attached hydrogen (secondary N) is 1. The summed E-state index contributed by atoms with van der Waals surface area (Å²) < 4.78 is 0. The molecule has 3 atom stereocenters. The van der Waals surface area contributed by atoms with Crippen molar-refractivity contribution in [3.05, 3.63) is 76.3 Å². The number of rotatable bonds is 1. The van der Waals surface area contributed by atoms with Crippen LogP contribution in [-0.4, -0.2) is 0 Å². The number of allylic oxidation sites excluding steroid dienone is 2. The number of hydrogen-bond acceptors (Lipinski definition) is 1. The largest absolute Gasteiger partial charge is 0.376 e. The molecular weight excluding hydrogens is 314 g/mol. The number of anilines is 1. The minimum Gasteiger partial charge on any atom is -0.376 e. The summed E-state index contributed by atoms with van der Waals surface area (Å²) in [4.78, 5) is 0. The van der Waals surface area contributed by atoms with E-state index < -0.39 is 0 Å². The van der Waals surface area contributed by atoms with Crippen LogP contribution in [0, 0.1) is 5.92 Å². The molecule has 2 aromatic carbocycles. The SMILES string of the molecule is CC(C)(C)c1ccc([C@@H]2Nc3c(Cl)cccc3[C@H]3C=CC[C@@H]32)cc1. The molecule has 24 heavy (non-hydrogen) atoms. The van der Waals surface area contributed by atoms with Crippen molar-refractivity contribution in [2.75, 3.05) is 5.32 Å². The first kappa shape index (κ1) is 15.8. The Hall–Kier alpha value is -1.73. The zero-order valence-corrected chi connectivity index (χ0v) is 15.3. The van der Waals surface area contributed by atoms with Gasteiger partial charge >= 0.3 is 0 Å². The van der Waals surface area contributed by atoms with E-state index in [1.807, 2.05) is 6.07 Å². The Morgan fingerprint density at radius 2 is 1.79 bits per heavy atom. The van der Waals surface area contributed by atoms with Gasteiger partial charge in [-0.2, -0.15) is 0 Å². The molecule has 0 saturated carbocycles. The van der Waals surface area contributed by atoms with E-state index >= 15 is 0 Å². The van der Waals surface area contributed by atoms with Crippen LogP contribution >= 0.6 is 11.6 Å². The van der Waals surface area contributed by atoms with E-state index in [0.29, 0.717) is 17.9 Å². The number of hydrogen-bond donors (Lipinski definition) is 1. The Morgan fingerprint density at radius 1 is 1.04 bits per heavy atom. The van der Waals surface area contributed by atoms with Gasteiger partial charge in [-0.05, 0) is 40.5 Å². The Kier molecular flexibility index (Phi) is 3.73. The van der Waals surface area contributed by atoms with Gasteiger partial charge in [0.1, 0.15) is 0 Å². The lowest BCUT2D eigenvalue weighted by Gasteiger charge is -2.38. The van der Waals surface area contributed by atoms with E-state index in [1.165, 1.54) is 16.7 Å². The fourth-order valence-corrected chi connectivity index (χ4v) is 4.34. The molecule has 0 fully saturated rings. The van der Waals surface area contributed by atoms with Crippen molar-refractivity contribution < 1.29 is 0 Å². The van der Waals surface area contributed by atoms with Crippen molar-refractivity contribution in [2.45, 2.75) is 44.6 Å². The molecule has 0 aromatic heterocycles. The maximum atomic E-state index is 6.48. The average molecular weight is 338 g/mol. The van der Waals surface area contributed by atoms with E-state index in [0.717, 1.165) is 17.1 Å². The van der Waals surface area contributed by atoms with Crippen molar-refractivity contribution in [2.24, 2.45) is 5.92 Å². The minimum atomic E-state index is 0.186. The van der Waals surface area contributed by atoms with Crippen LogP contribution in [0.3, 0.4) is 0 Å². The third-order valence-electron chi connectivity index (χ3n) is 5.48. The molecule has 1 aliphatic carbocycles. The van der Waals surface area contributed by atoms with Crippen LogP contribution < -0.4 is 5.32 Å². The van der Waals surface area contributed by atoms with Gasteiger partial charge in [-0.15, -0.1) is 0 Å². The summed E-state index contributed by atoms with van der Waals surface area (Å²) in [6.07, 6.45) is 5.80. The van der Waals surface area contributed by atoms with Crippen LogP contribution in [0.4, 0.5) is 5.69 Å². The smallest absolute Gasteiger partial charge is 0.0640 e. The molecule has 124 valence electrons. The number of halogens is 1. The monoisotopic (exact) mass is 337 g/mol. The number of fused-ring (bicyclic) bond motifs is 3. The van der Waals surface area contributed by atoms with Gasteiger partial charge in [0.2, 0.25) is 0 Å². The Bertz CT molecular complexity index is 783. The topological polar surface area (TPSA) is 12.0 Å². The van der Waals surface area contributed by atoms with Crippen molar-refractivity contribution >= 4 is 17.3 Å². The molecule has 0 unspecified atom stereocenters. The van der Waals surface area contributed by atoms with Gasteiger partial charge in [-0.3, -0.25) is 0 Å². The normalized spacial score (nSPS) is 25.1. The highest BCUT2D eigenvalue weighted by Gasteiger charge is 2.38. The van der Waals surface area contributed by atoms with E-state index in [-0.39, 0.29) is 5.41 Å². The summed E-state index contributed by atoms with van der Waals surface area (Å²) in [5.41, 5.74) is 5.36. The number of benzene rings is 2. The molecule has 2 heteroatoms. The summed E-state index contributed by atoms with van der Waals surface area (Å²) in [6.45, 7) is 6.77. The lowest BCUT2D eigenvalue weighted by molar-refractivity contribution is 0.425. The van der Waals surface area contributed by atoms with Crippen molar-refractivity contribution in [1.82, 2.24) is 0 Å². The highest BCUT2D eigenvalue weighted by molar-refractivity contribution is 6.33. The first-order chi connectivity index (χ1) is 11.4. The molecule has 2 aromatic rings. The second-order valence-electron chi connectivity index (χ2n) is 8.05. The van der Waals surface area contributed by atoms with Crippen LogP contribution in [0.1, 0.15) is 55.8 Å². The van der Waals surface area contributed by atoms with Crippen LogP contribution in [0.5, 0.6) is 0 Å². The summed E-state index contributed by atoms with van der Waals surface area (Å²) in [6, 6.07) is 15.7. The zero-order valence-electron chi connectivity index (χ0n) is 14.5. The maximum absolute atomic E-state index is 6.48. The van der Waals surface area contributed by atoms with Crippen LogP contribution in [0.15, 0.2) is 54.6 Å². The molecule has 1 N–H and O–H groups in total. The van der Waals surface area contributed by atoms with Crippen LogP contribution in [-0.2, 0) is 5.41 Å². The van der Waals surface area contributed by atoms with Gasteiger partial charge < -0.3 is 5.32 Å². The fourth-order valence-electron chi connectivity index (χ4n) is 4.10. The highest BCUT2D eigenvalue weighted by atomic mass is 35.5. The van der Waals surface area contributed by atoms with Crippen LogP contribution in [0.25, 0.3) is 0 Å². The zero-order chi connectivity index (χ0) is 16.9. The molecule has 1 nitrogen and oxygen atoms in total. The first-order valence-corrected chi connectivity index (χ1v) is 9.15. The molecule has 0 bridgehead atoms.